The molecule has 0 amide bonds. The number of carbonyl (C=O) groups excluding carboxylic acids is 1. The zero-order chi connectivity index (χ0) is 22.3. The fourth-order valence-corrected chi connectivity index (χ4v) is 3.08. The van der Waals surface area contributed by atoms with Crippen LogP contribution in [0.1, 0.15) is 110 Å². The Hall–Kier alpha value is -1.84. The van der Waals surface area contributed by atoms with Gasteiger partial charge in [0.25, 0.3) is 0 Å². The van der Waals surface area contributed by atoms with Gasteiger partial charge in [0.1, 0.15) is 6.10 Å². The summed E-state index contributed by atoms with van der Waals surface area (Å²) < 4.78 is 5.65. The molecule has 0 aliphatic carbocycles. The minimum absolute atomic E-state index is 0.131. The number of carboxylic acid groups (broad SMARTS) is 1. The van der Waals surface area contributed by atoms with Gasteiger partial charge in [-0.05, 0) is 50.7 Å². The summed E-state index contributed by atoms with van der Waals surface area (Å²) in [6.45, 7) is 4.32. The SMILES string of the molecule is CC/C=C\C/C=C\C(/C=C\CCCCCC(=O)O)OC(=O)CCCCCCCCC. The van der Waals surface area contributed by atoms with Gasteiger partial charge in [-0.15, -0.1) is 0 Å². The Bertz CT molecular complexity index is 505. The normalized spacial score (nSPS) is 12.9. The van der Waals surface area contributed by atoms with Crippen LogP contribution in [0.5, 0.6) is 0 Å². The molecule has 1 unspecified atom stereocenters. The number of hydrogen-bond acceptors (Lipinski definition) is 3. The maximum Gasteiger partial charge on any atom is 0.306 e. The smallest absolute Gasteiger partial charge is 0.306 e. The van der Waals surface area contributed by atoms with Gasteiger partial charge in [-0.1, -0.05) is 83.1 Å². The zero-order valence-electron chi connectivity index (χ0n) is 19.3. The van der Waals surface area contributed by atoms with E-state index in [1.165, 1.54) is 32.1 Å². The van der Waals surface area contributed by atoms with E-state index in [1.807, 2.05) is 24.3 Å². The molecule has 0 spiro atoms. The third-order valence-electron chi connectivity index (χ3n) is 4.84. The third kappa shape index (κ3) is 20.9. The van der Waals surface area contributed by atoms with E-state index in [0.717, 1.165) is 44.9 Å². The van der Waals surface area contributed by atoms with Gasteiger partial charge in [-0.3, -0.25) is 9.59 Å². The molecule has 0 heterocycles. The van der Waals surface area contributed by atoms with Crippen LogP contribution in [-0.4, -0.2) is 23.1 Å². The summed E-state index contributed by atoms with van der Waals surface area (Å²) in [5.41, 5.74) is 0. The van der Waals surface area contributed by atoms with E-state index in [0.29, 0.717) is 12.8 Å². The first-order valence-corrected chi connectivity index (χ1v) is 12.0. The number of hydrogen-bond donors (Lipinski definition) is 1. The molecule has 1 N–H and O–H groups in total. The Morgan fingerprint density at radius 2 is 1.40 bits per heavy atom. The molecule has 4 nitrogen and oxygen atoms in total. The fourth-order valence-electron chi connectivity index (χ4n) is 3.08. The van der Waals surface area contributed by atoms with Gasteiger partial charge in [0.05, 0.1) is 0 Å². The highest BCUT2D eigenvalue weighted by atomic mass is 16.5. The van der Waals surface area contributed by atoms with Gasteiger partial charge in [-0.25, -0.2) is 0 Å². The number of allylic oxidation sites excluding steroid dienone is 4. The molecule has 30 heavy (non-hydrogen) atoms. The van der Waals surface area contributed by atoms with Gasteiger partial charge in [0.15, 0.2) is 0 Å². The molecule has 1 atom stereocenters. The number of carbonyl (C=O) groups is 2. The van der Waals surface area contributed by atoms with Crippen molar-refractivity contribution in [3.05, 3.63) is 36.5 Å². The van der Waals surface area contributed by atoms with E-state index in [9.17, 15) is 9.59 Å². The molecule has 0 aliphatic heterocycles. The standard InChI is InChI=1S/C26H44O4/c1-3-5-7-9-10-15-19-23-26(29)30-24(20-16-12-8-6-4-2)21-17-13-11-14-18-22-25(27)28/h6,8,16-17,20-21,24H,3-5,7,9-15,18-19,22-23H2,1-2H3,(H,27,28)/b8-6-,20-16-,21-17-. The largest absolute Gasteiger partial charge is 0.481 e. The van der Waals surface area contributed by atoms with E-state index in [-0.39, 0.29) is 18.5 Å². The number of rotatable bonds is 20. The average molecular weight is 421 g/mol. The zero-order valence-corrected chi connectivity index (χ0v) is 19.3. The summed E-state index contributed by atoms with van der Waals surface area (Å²) in [4.78, 5) is 22.7. The van der Waals surface area contributed by atoms with Crippen LogP contribution in [0.25, 0.3) is 0 Å². The monoisotopic (exact) mass is 420 g/mol. The Morgan fingerprint density at radius 3 is 2.10 bits per heavy atom. The molecule has 0 saturated heterocycles. The van der Waals surface area contributed by atoms with Crippen molar-refractivity contribution in [1.29, 1.82) is 0 Å². The maximum atomic E-state index is 12.2. The van der Waals surface area contributed by atoms with E-state index in [1.54, 1.807) is 0 Å². The molecule has 4 heteroatoms. The van der Waals surface area contributed by atoms with Crippen LogP contribution in [0.2, 0.25) is 0 Å². The van der Waals surface area contributed by atoms with Gasteiger partial charge in [0.2, 0.25) is 0 Å². The lowest BCUT2D eigenvalue weighted by molar-refractivity contribution is -0.145. The number of aliphatic carboxylic acids is 1. The molecule has 0 aromatic carbocycles. The van der Waals surface area contributed by atoms with Crippen LogP contribution >= 0.6 is 0 Å². The number of unbranched alkanes of at least 4 members (excludes halogenated alkanes) is 9. The van der Waals surface area contributed by atoms with Crippen molar-refractivity contribution in [2.75, 3.05) is 0 Å². The molecule has 0 aromatic heterocycles. The fraction of sp³-hybridized carbons (Fsp3) is 0.692. The summed E-state index contributed by atoms with van der Waals surface area (Å²) in [7, 11) is 0. The van der Waals surface area contributed by atoms with Crippen molar-refractivity contribution in [2.45, 2.75) is 116 Å². The Kier molecular flexibility index (Phi) is 20.5. The lowest BCUT2D eigenvalue weighted by atomic mass is 10.1. The number of carboxylic acids is 1. The van der Waals surface area contributed by atoms with Gasteiger partial charge >= 0.3 is 11.9 Å². The summed E-state index contributed by atoms with van der Waals surface area (Å²) in [6.07, 6.45) is 26.2. The summed E-state index contributed by atoms with van der Waals surface area (Å²) in [5, 5.41) is 8.66. The molecule has 0 bridgehead atoms. The summed E-state index contributed by atoms with van der Waals surface area (Å²) in [6, 6.07) is 0. The van der Waals surface area contributed by atoms with Crippen LogP contribution in [0, 0.1) is 0 Å². The first kappa shape index (κ1) is 28.2. The number of esters is 1. The summed E-state index contributed by atoms with van der Waals surface area (Å²) >= 11 is 0. The quantitative estimate of drug-likeness (QED) is 0.125. The highest BCUT2D eigenvalue weighted by molar-refractivity contribution is 5.69. The van der Waals surface area contributed by atoms with Crippen molar-refractivity contribution in [1.82, 2.24) is 0 Å². The van der Waals surface area contributed by atoms with Gasteiger partial charge < -0.3 is 9.84 Å². The highest BCUT2D eigenvalue weighted by Gasteiger charge is 2.08. The van der Waals surface area contributed by atoms with E-state index < -0.39 is 5.97 Å². The van der Waals surface area contributed by atoms with E-state index >= 15 is 0 Å². The van der Waals surface area contributed by atoms with Gasteiger partial charge in [0, 0.05) is 12.8 Å². The predicted molar refractivity (Wildman–Crippen MR) is 126 cm³/mol. The maximum absolute atomic E-state index is 12.2. The second-order valence-corrected chi connectivity index (χ2v) is 7.79. The highest BCUT2D eigenvalue weighted by Crippen LogP contribution is 2.11. The minimum atomic E-state index is -0.735. The first-order valence-electron chi connectivity index (χ1n) is 12.0. The lowest BCUT2D eigenvalue weighted by Gasteiger charge is -2.11. The molecule has 0 saturated carbocycles. The van der Waals surface area contributed by atoms with E-state index in [4.69, 9.17) is 9.84 Å². The van der Waals surface area contributed by atoms with Crippen molar-refractivity contribution in [3.8, 4) is 0 Å². The van der Waals surface area contributed by atoms with Crippen LogP contribution in [0.15, 0.2) is 36.5 Å². The predicted octanol–water partition coefficient (Wildman–Crippen LogP) is 7.54. The molecule has 0 aromatic rings. The topological polar surface area (TPSA) is 63.6 Å². The average Bonchev–Trinajstić information content (AvgIpc) is 2.71. The first-order chi connectivity index (χ1) is 14.6. The Balaban J connectivity index is 4.27. The van der Waals surface area contributed by atoms with Crippen molar-refractivity contribution in [2.24, 2.45) is 0 Å². The second kappa shape index (κ2) is 21.9. The molecule has 0 aliphatic rings. The van der Waals surface area contributed by atoms with Crippen molar-refractivity contribution in [3.63, 3.8) is 0 Å². The van der Waals surface area contributed by atoms with Crippen LogP contribution in [0.3, 0.4) is 0 Å². The third-order valence-corrected chi connectivity index (χ3v) is 4.84. The second-order valence-electron chi connectivity index (χ2n) is 7.79. The molecular formula is C26H44O4. The molecular weight excluding hydrogens is 376 g/mol. The molecule has 0 radical (unpaired) electrons. The van der Waals surface area contributed by atoms with Gasteiger partial charge in [-0.2, -0.15) is 0 Å². The number of ether oxygens (including phenoxy) is 1. The van der Waals surface area contributed by atoms with E-state index in [2.05, 4.69) is 26.0 Å². The Labute approximate surface area is 184 Å². The minimum Gasteiger partial charge on any atom is -0.481 e. The van der Waals surface area contributed by atoms with Crippen LogP contribution in [0.4, 0.5) is 0 Å². The molecule has 172 valence electrons. The lowest BCUT2D eigenvalue weighted by Crippen LogP contribution is -2.13. The molecule has 0 rings (SSSR count). The summed E-state index contributed by atoms with van der Waals surface area (Å²) in [5.74, 6) is -0.867. The van der Waals surface area contributed by atoms with Crippen molar-refractivity contribution >= 4 is 11.9 Å². The Morgan fingerprint density at radius 1 is 0.767 bits per heavy atom. The van der Waals surface area contributed by atoms with Crippen molar-refractivity contribution < 1.29 is 19.4 Å². The molecule has 0 fully saturated rings. The van der Waals surface area contributed by atoms with Crippen LogP contribution in [-0.2, 0) is 14.3 Å². The van der Waals surface area contributed by atoms with Crippen LogP contribution < -0.4 is 0 Å².